The van der Waals surface area contributed by atoms with Crippen LogP contribution in [-0.4, -0.2) is 36.3 Å². The van der Waals surface area contributed by atoms with Crippen LogP contribution in [0.25, 0.3) is 10.9 Å². The summed E-state index contributed by atoms with van der Waals surface area (Å²) >= 11 is 1.45. The molecule has 0 aliphatic rings. The molecular weight excluding hydrogens is 247 g/mol. The first-order chi connectivity index (χ1) is 8.67. The van der Waals surface area contributed by atoms with Gasteiger partial charge in [0.2, 0.25) is 0 Å². The van der Waals surface area contributed by atoms with E-state index in [1.165, 1.54) is 11.8 Å². The van der Waals surface area contributed by atoms with Crippen LogP contribution in [0.2, 0.25) is 0 Å². The Labute approximate surface area is 112 Å². The van der Waals surface area contributed by atoms with Gasteiger partial charge in [-0.3, -0.25) is 0 Å². The number of hydrogen-bond acceptors (Lipinski definition) is 2. The Kier molecular flexibility index (Phi) is 4.30. The Hall–Kier alpha value is -1.00. The maximum absolute atomic E-state index is 14.3. The SMILES string of the molecule is CCN(C)CCc1c[nH]c2ccc(SC)c(F)c12. The highest BCUT2D eigenvalue weighted by molar-refractivity contribution is 7.98. The molecule has 0 saturated carbocycles. The van der Waals surface area contributed by atoms with Gasteiger partial charge in [0.25, 0.3) is 0 Å². The first-order valence-electron chi connectivity index (χ1n) is 6.18. The maximum Gasteiger partial charge on any atom is 0.146 e. The molecule has 2 rings (SSSR count). The molecule has 2 aromatic rings. The van der Waals surface area contributed by atoms with Crippen LogP contribution in [0, 0.1) is 5.82 Å². The van der Waals surface area contributed by atoms with Gasteiger partial charge in [-0.05, 0) is 44.0 Å². The average molecular weight is 266 g/mol. The minimum atomic E-state index is -0.0876. The zero-order valence-electron chi connectivity index (χ0n) is 11.1. The quantitative estimate of drug-likeness (QED) is 0.835. The molecule has 0 aliphatic heterocycles. The van der Waals surface area contributed by atoms with Gasteiger partial charge in [0.1, 0.15) is 5.82 Å². The lowest BCUT2D eigenvalue weighted by molar-refractivity contribution is 0.358. The molecule has 0 aliphatic carbocycles. The first kappa shape index (κ1) is 13.4. The Morgan fingerprint density at radius 3 is 2.83 bits per heavy atom. The van der Waals surface area contributed by atoms with Crippen LogP contribution in [0.4, 0.5) is 4.39 Å². The second-order valence-corrected chi connectivity index (χ2v) is 5.31. The molecule has 0 unspecified atom stereocenters. The van der Waals surface area contributed by atoms with Gasteiger partial charge in [-0.25, -0.2) is 4.39 Å². The van der Waals surface area contributed by atoms with Crippen LogP contribution in [-0.2, 0) is 6.42 Å². The van der Waals surface area contributed by atoms with Gasteiger partial charge < -0.3 is 9.88 Å². The Morgan fingerprint density at radius 1 is 1.39 bits per heavy atom. The van der Waals surface area contributed by atoms with E-state index in [1.807, 2.05) is 24.6 Å². The number of aromatic nitrogens is 1. The van der Waals surface area contributed by atoms with Crippen LogP contribution >= 0.6 is 11.8 Å². The van der Waals surface area contributed by atoms with Crippen molar-refractivity contribution in [1.29, 1.82) is 0 Å². The van der Waals surface area contributed by atoms with Crippen LogP contribution in [0.15, 0.2) is 23.2 Å². The summed E-state index contributed by atoms with van der Waals surface area (Å²) in [5.74, 6) is -0.0876. The van der Waals surface area contributed by atoms with Gasteiger partial charge in [0.05, 0.1) is 0 Å². The molecule has 1 aromatic heterocycles. The van der Waals surface area contributed by atoms with Crippen molar-refractivity contribution in [2.45, 2.75) is 18.2 Å². The van der Waals surface area contributed by atoms with Crippen molar-refractivity contribution >= 4 is 22.7 Å². The number of rotatable bonds is 5. The molecule has 18 heavy (non-hydrogen) atoms. The third-order valence-corrected chi connectivity index (χ3v) is 4.11. The molecule has 1 aromatic carbocycles. The largest absolute Gasteiger partial charge is 0.361 e. The Morgan fingerprint density at radius 2 is 2.17 bits per heavy atom. The van der Waals surface area contributed by atoms with E-state index in [2.05, 4.69) is 23.9 Å². The summed E-state index contributed by atoms with van der Waals surface area (Å²) in [5.41, 5.74) is 1.96. The van der Waals surface area contributed by atoms with Crippen LogP contribution in [0.5, 0.6) is 0 Å². The number of nitrogens with zero attached hydrogens (tertiary/aromatic N) is 1. The summed E-state index contributed by atoms with van der Waals surface area (Å²) in [4.78, 5) is 6.10. The van der Waals surface area contributed by atoms with Gasteiger partial charge in [-0.2, -0.15) is 0 Å². The molecule has 4 heteroatoms. The number of halogens is 1. The van der Waals surface area contributed by atoms with Gasteiger partial charge in [-0.1, -0.05) is 6.92 Å². The van der Waals surface area contributed by atoms with E-state index < -0.39 is 0 Å². The lowest BCUT2D eigenvalue weighted by Gasteiger charge is -2.13. The second-order valence-electron chi connectivity index (χ2n) is 4.46. The van der Waals surface area contributed by atoms with Crippen molar-refractivity contribution in [2.75, 3.05) is 26.4 Å². The summed E-state index contributed by atoms with van der Waals surface area (Å²) < 4.78 is 14.3. The molecule has 0 bridgehead atoms. The van der Waals surface area contributed by atoms with Gasteiger partial charge in [-0.15, -0.1) is 11.8 Å². The summed E-state index contributed by atoms with van der Waals surface area (Å²) in [6.45, 7) is 4.09. The number of benzene rings is 1. The molecule has 0 fully saturated rings. The van der Waals surface area contributed by atoms with E-state index in [-0.39, 0.29) is 5.82 Å². The third-order valence-electron chi connectivity index (χ3n) is 3.35. The number of thioether (sulfide) groups is 1. The highest BCUT2D eigenvalue weighted by atomic mass is 32.2. The predicted octanol–water partition coefficient (Wildman–Crippen LogP) is 3.52. The monoisotopic (exact) mass is 266 g/mol. The molecule has 98 valence electrons. The van der Waals surface area contributed by atoms with Crippen molar-refractivity contribution in [2.24, 2.45) is 0 Å². The van der Waals surface area contributed by atoms with Crippen molar-refractivity contribution in [3.8, 4) is 0 Å². The lowest BCUT2D eigenvalue weighted by Crippen LogP contribution is -2.20. The number of hydrogen-bond donors (Lipinski definition) is 1. The molecule has 1 N–H and O–H groups in total. The summed E-state index contributed by atoms with van der Waals surface area (Å²) in [6, 6.07) is 3.79. The van der Waals surface area contributed by atoms with Gasteiger partial charge >= 0.3 is 0 Å². The number of fused-ring (bicyclic) bond motifs is 1. The zero-order valence-corrected chi connectivity index (χ0v) is 11.9. The van der Waals surface area contributed by atoms with Crippen LogP contribution in [0.1, 0.15) is 12.5 Å². The van der Waals surface area contributed by atoms with Crippen molar-refractivity contribution in [3.05, 3.63) is 29.7 Å². The van der Waals surface area contributed by atoms with Crippen LogP contribution in [0.3, 0.4) is 0 Å². The van der Waals surface area contributed by atoms with Gasteiger partial charge in [0, 0.05) is 28.5 Å². The summed E-state index contributed by atoms with van der Waals surface area (Å²) in [6.07, 6.45) is 4.71. The fraction of sp³-hybridized carbons (Fsp3) is 0.429. The fourth-order valence-electron chi connectivity index (χ4n) is 2.05. The third kappa shape index (κ3) is 2.54. The highest BCUT2D eigenvalue weighted by Gasteiger charge is 2.12. The molecule has 0 radical (unpaired) electrons. The van der Waals surface area contributed by atoms with Crippen molar-refractivity contribution in [1.82, 2.24) is 9.88 Å². The average Bonchev–Trinajstić information content (AvgIpc) is 2.80. The maximum atomic E-state index is 14.3. The molecule has 0 amide bonds. The predicted molar refractivity (Wildman–Crippen MR) is 76.9 cm³/mol. The number of nitrogens with one attached hydrogen (secondary N) is 1. The Bertz CT molecular complexity index is 536. The summed E-state index contributed by atoms with van der Waals surface area (Å²) in [7, 11) is 2.08. The zero-order chi connectivity index (χ0) is 13.1. The smallest absolute Gasteiger partial charge is 0.146 e. The van der Waals surface area contributed by atoms with Crippen molar-refractivity contribution in [3.63, 3.8) is 0 Å². The molecule has 0 atom stereocenters. The number of likely N-dealkylation sites (N-methyl/N-ethyl adjacent to an activating group) is 1. The number of H-pyrrole nitrogens is 1. The molecule has 0 spiro atoms. The number of aromatic amines is 1. The minimum Gasteiger partial charge on any atom is -0.361 e. The molecule has 2 nitrogen and oxygen atoms in total. The van der Waals surface area contributed by atoms with E-state index in [0.29, 0.717) is 4.90 Å². The normalized spacial score (nSPS) is 11.6. The standard InChI is InChI=1S/C14H19FN2S/c1-4-17(2)8-7-10-9-16-11-5-6-12(18-3)14(15)13(10)11/h5-6,9,16H,4,7-8H2,1-3H3. The van der Waals surface area contributed by atoms with E-state index in [0.717, 1.165) is 36.0 Å². The van der Waals surface area contributed by atoms with Gasteiger partial charge in [0.15, 0.2) is 0 Å². The fourth-order valence-corrected chi connectivity index (χ4v) is 2.54. The van der Waals surface area contributed by atoms with E-state index in [4.69, 9.17) is 0 Å². The lowest BCUT2D eigenvalue weighted by atomic mass is 10.1. The van der Waals surface area contributed by atoms with E-state index in [1.54, 1.807) is 0 Å². The molecule has 1 heterocycles. The topological polar surface area (TPSA) is 19.0 Å². The highest BCUT2D eigenvalue weighted by Crippen LogP contribution is 2.29. The minimum absolute atomic E-state index is 0.0876. The molecule has 0 saturated heterocycles. The van der Waals surface area contributed by atoms with Crippen molar-refractivity contribution < 1.29 is 4.39 Å². The molecular formula is C14H19FN2S. The first-order valence-corrected chi connectivity index (χ1v) is 7.40. The van der Waals surface area contributed by atoms with Crippen LogP contribution < -0.4 is 0 Å². The van der Waals surface area contributed by atoms with E-state index >= 15 is 0 Å². The van der Waals surface area contributed by atoms with E-state index in [9.17, 15) is 4.39 Å². The second kappa shape index (κ2) is 5.76. The Balaban J connectivity index is 2.33. The summed E-state index contributed by atoms with van der Waals surface area (Å²) in [5, 5.41) is 0.756.